The van der Waals surface area contributed by atoms with Crippen molar-refractivity contribution in [1.29, 1.82) is 5.26 Å². The summed E-state index contributed by atoms with van der Waals surface area (Å²) in [5, 5.41) is 20.4. The van der Waals surface area contributed by atoms with Gasteiger partial charge in [-0.3, -0.25) is 4.90 Å². The summed E-state index contributed by atoms with van der Waals surface area (Å²) in [6, 6.07) is 31.4. The third kappa shape index (κ3) is 15.3. The third-order valence-electron chi connectivity index (χ3n) is 15.3. The lowest BCUT2D eigenvalue weighted by atomic mass is 10.0. The van der Waals surface area contributed by atoms with Gasteiger partial charge in [0.1, 0.15) is 79.3 Å². The molecule has 0 unspecified atom stereocenters. The lowest BCUT2D eigenvalue weighted by Gasteiger charge is -2.26. The molecule has 0 fully saturated rings. The first-order valence-electron chi connectivity index (χ1n) is 31.2. The van der Waals surface area contributed by atoms with Gasteiger partial charge in [0, 0.05) is 34.6 Å². The molecule has 7 aromatic rings. The highest BCUT2D eigenvalue weighted by atomic mass is 32.1. The van der Waals surface area contributed by atoms with Crippen LogP contribution in [-0.4, -0.2) is 77.1 Å². The van der Waals surface area contributed by atoms with Crippen LogP contribution in [0.2, 0.25) is 0 Å². The summed E-state index contributed by atoms with van der Waals surface area (Å²) in [6.45, 7) is 13.3. The van der Waals surface area contributed by atoms with Gasteiger partial charge < -0.3 is 52.5 Å². The van der Waals surface area contributed by atoms with Gasteiger partial charge in [-0.2, -0.15) is 5.26 Å². The molecule has 3 aromatic heterocycles. The highest BCUT2D eigenvalue weighted by molar-refractivity contribution is 7.28. The van der Waals surface area contributed by atoms with E-state index in [4.69, 9.17) is 47.4 Å². The van der Waals surface area contributed by atoms with E-state index < -0.39 is 11.5 Å². The Morgan fingerprint density at radius 1 is 0.483 bits per heavy atom. The fourth-order valence-electron chi connectivity index (χ4n) is 10.7. The van der Waals surface area contributed by atoms with Crippen molar-refractivity contribution in [2.24, 2.45) is 0 Å². The number of aliphatic carboxylic acids is 1. The van der Waals surface area contributed by atoms with E-state index in [0.717, 1.165) is 140 Å². The van der Waals surface area contributed by atoms with Crippen LogP contribution in [0.5, 0.6) is 57.5 Å². The molecule has 0 bridgehead atoms. The van der Waals surface area contributed by atoms with E-state index in [2.05, 4.69) is 93.3 Å². The Morgan fingerprint density at radius 2 is 0.862 bits per heavy atom. The fourth-order valence-corrected chi connectivity index (χ4v) is 14.5. The molecule has 3 aliphatic heterocycles. The standard InChI is InChI=1S/C70H80N2O12S3/c1-5-9-13-17-33-75-52-29-31-54(56(44-52)77-35-19-15-11-7-3)47-21-25-50(26-22-47)72(51-27-23-48(24-28-51)55-32-30-53(76-34-18-14-10-6-2)45-57(55)78-36-20-16-12-8-4)69-64-63(83-41-42-84-64)68(87-69)67-62-61(81-39-40-82-62)66(86-67)65-60-59(79-37-38-80-60)58(85-65)43-49(46-71)70(73)74/h21-32,43-45H,5-20,33-42H2,1-4H3,(H,73,74). The summed E-state index contributed by atoms with van der Waals surface area (Å²) in [4.78, 5) is 17.7. The molecule has 87 heavy (non-hydrogen) atoms. The smallest absolute Gasteiger partial charge is 0.346 e. The molecule has 6 heterocycles. The highest BCUT2D eigenvalue weighted by Crippen LogP contribution is 2.65. The van der Waals surface area contributed by atoms with E-state index in [9.17, 15) is 15.2 Å². The molecule has 0 atom stereocenters. The van der Waals surface area contributed by atoms with Crippen LogP contribution in [0.3, 0.4) is 0 Å². The largest absolute Gasteiger partial charge is 0.493 e. The molecule has 14 nitrogen and oxygen atoms in total. The van der Waals surface area contributed by atoms with E-state index in [1.807, 2.05) is 24.3 Å². The zero-order valence-electron chi connectivity index (χ0n) is 50.6. The van der Waals surface area contributed by atoms with Gasteiger partial charge in [0.05, 0.1) is 50.8 Å². The Morgan fingerprint density at radius 3 is 1.29 bits per heavy atom. The summed E-state index contributed by atoms with van der Waals surface area (Å²) >= 11 is 4.27. The normalized spacial score (nSPS) is 13.3. The van der Waals surface area contributed by atoms with Gasteiger partial charge in [-0.15, -0.1) is 34.0 Å². The van der Waals surface area contributed by atoms with Gasteiger partial charge in [0.2, 0.25) is 0 Å². The minimum Gasteiger partial charge on any atom is -0.493 e. The van der Waals surface area contributed by atoms with Gasteiger partial charge in [0.25, 0.3) is 0 Å². The SMILES string of the molecule is CCCCCCOc1ccc(-c2ccc(N(c3ccc(-c4ccc(OCCCCCC)cc4OCCCCCC)cc3)c3sc(-c4sc(-c5sc(C=C(C#N)C(=O)O)c6c5OCCO6)c5c4OCCO5)c4c3OCCO4)cc2)c(OCCCCCC)c1. The second kappa shape index (κ2) is 31.4. The van der Waals surface area contributed by atoms with Crippen molar-refractivity contribution in [2.45, 2.75) is 130 Å². The molecule has 3 aliphatic rings. The molecule has 17 heteroatoms. The van der Waals surface area contributed by atoms with Crippen LogP contribution in [0.15, 0.2) is 90.5 Å². The van der Waals surface area contributed by atoms with Crippen molar-refractivity contribution in [2.75, 3.05) is 71.0 Å². The van der Waals surface area contributed by atoms with Gasteiger partial charge >= 0.3 is 5.97 Å². The fraction of sp³-hybridized carbons (Fsp3) is 0.429. The summed E-state index contributed by atoms with van der Waals surface area (Å²) in [6.07, 6.45) is 19.2. The Labute approximate surface area is 524 Å². The van der Waals surface area contributed by atoms with Crippen LogP contribution >= 0.6 is 34.0 Å². The summed E-state index contributed by atoms with van der Waals surface area (Å²) in [5.74, 6) is 4.97. The average molecular weight is 1240 g/mol. The van der Waals surface area contributed by atoms with Crippen LogP contribution in [0.4, 0.5) is 16.4 Å². The Balaban J connectivity index is 1.06. The van der Waals surface area contributed by atoms with Crippen molar-refractivity contribution < 1.29 is 57.3 Å². The van der Waals surface area contributed by atoms with Gasteiger partial charge in [-0.05, 0) is 91.4 Å². The molecular weight excluding hydrogens is 1160 g/mol. The number of anilines is 3. The van der Waals surface area contributed by atoms with Crippen LogP contribution in [-0.2, 0) is 4.79 Å². The molecule has 460 valence electrons. The van der Waals surface area contributed by atoms with Crippen LogP contribution < -0.4 is 52.3 Å². The number of rotatable bonds is 33. The zero-order valence-corrected chi connectivity index (χ0v) is 53.1. The molecule has 1 N–H and O–H groups in total. The Kier molecular flexibility index (Phi) is 22.6. The average Bonchev–Trinajstić information content (AvgIpc) is 1.77. The number of hydrogen-bond donors (Lipinski definition) is 1. The third-order valence-corrected chi connectivity index (χ3v) is 19.0. The number of carboxylic acids is 1. The zero-order chi connectivity index (χ0) is 60.3. The minimum absolute atomic E-state index is 0.267. The van der Waals surface area contributed by atoms with E-state index in [1.54, 1.807) is 6.07 Å². The first-order chi connectivity index (χ1) is 42.8. The predicted molar refractivity (Wildman–Crippen MR) is 349 cm³/mol. The number of thiophene rings is 3. The van der Waals surface area contributed by atoms with Crippen molar-refractivity contribution in [3.63, 3.8) is 0 Å². The lowest BCUT2D eigenvalue weighted by Crippen LogP contribution is -2.17. The highest BCUT2D eigenvalue weighted by Gasteiger charge is 2.38. The summed E-state index contributed by atoms with van der Waals surface area (Å²) in [5.41, 5.74) is 5.32. The van der Waals surface area contributed by atoms with Crippen LogP contribution in [0.1, 0.15) is 135 Å². The number of carboxylic acid groups (broad SMARTS) is 1. The number of unbranched alkanes of at least 4 members (excludes halogenated alkanes) is 12. The number of benzene rings is 4. The molecule has 0 amide bonds. The van der Waals surface area contributed by atoms with Gasteiger partial charge in [0.15, 0.2) is 34.5 Å². The molecule has 10 rings (SSSR count). The molecule has 0 spiro atoms. The van der Waals surface area contributed by atoms with Crippen LogP contribution in [0.25, 0.3) is 47.8 Å². The number of hydrogen-bond acceptors (Lipinski definition) is 16. The summed E-state index contributed by atoms with van der Waals surface area (Å²) < 4.78 is 64.5. The van der Waals surface area contributed by atoms with Crippen molar-refractivity contribution >= 4 is 62.4 Å². The number of ether oxygens (including phenoxy) is 10. The number of nitriles is 1. The maximum absolute atomic E-state index is 12.0. The van der Waals surface area contributed by atoms with Crippen molar-refractivity contribution in [3.05, 3.63) is 95.4 Å². The van der Waals surface area contributed by atoms with Gasteiger partial charge in [-0.1, -0.05) is 129 Å². The second-order valence-corrected chi connectivity index (χ2v) is 24.8. The molecule has 0 radical (unpaired) electrons. The summed E-state index contributed by atoms with van der Waals surface area (Å²) in [7, 11) is 0. The molecule has 0 saturated carbocycles. The van der Waals surface area contributed by atoms with Crippen LogP contribution in [0, 0.1) is 11.3 Å². The second-order valence-electron chi connectivity index (χ2n) is 21.7. The van der Waals surface area contributed by atoms with E-state index >= 15 is 0 Å². The Hall–Kier alpha value is -7.52. The molecule has 0 saturated heterocycles. The minimum atomic E-state index is -1.33. The topological polar surface area (TPSA) is 157 Å². The predicted octanol–water partition coefficient (Wildman–Crippen LogP) is 19.2. The van der Waals surface area contributed by atoms with E-state index in [0.29, 0.717) is 97.1 Å². The van der Waals surface area contributed by atoms with Gasteiger partial charge in [-0.25, -0.2) is 4.79 Å². The molecular formula is C70H80N2O12S3. The first kappa shape index (κ1) is 62.5. The molecule has 0 aliphatic carbocycles. The number of nitrogens with zero attached hydrogens (tertiary/aromatic N) is 2. The van der Waals surface area contributed by atoms with Crippen molar-refractivity contribution in [3.8, 4) is 105 Å². The Bertz CT molecular complexity index is 3350. The van der Waals surface area contributed by atoms with E-state index in [-0.39, 0.29) is 13.2 Å². The monoisotopic (exact) mass is 1240 g/mol. The lowest BCUT2D eigenvalue weighted by molar-refractivity contribution is -0.132. The molecule has 4 aromatic carbocycles. The maximum Gasteiger partial charge on any atom is 0.346 e. The first-order valence-corrected chi connectivity index (χ1v) is 33.7. The quantitative estimate of drug-likeness (QED) is 0.0235. The van der Waals surface area contributed by atoms with E-state index in [1.165, 1.54) is 78.6 Å². The number of fused-ring (bicyclic) bond motifs is 3. The number of carbonyl (C=O) groups is 1. The maximum atomic E-state index is 12.0. The van der Waals surface area contributed by atoms with Crippen molar-refractivity contribution in [1.82, 2.24) is 0 Å².